The monoisotopic (exact) mass is 579 g/mol. The van der Waals surface area contributed by atoms with Crippen molar-refractivity contribution in [3.8, 4) is 11.5 Å². The van der Waals surface area contributed by atoms with E-state index in [2.05, 4.69) is 10.6 Å². The van der Waals surface area contributed by atoms with Gasteiger partial charge in [-0.3, -0.25) is 13.9 Å². The molecule has 0 unspecified atom stereocenters. The maximum absolute atomic E-state index is 13.9. The highest BCUT2D eigenvalue weighted by Crippen LogP contribution is 2.33. The van der Waals surface area contributed by atoms with Crippen LogP contribution in [0.3, 0.4) is 0 Å². The van der Waals surface area contributed by atoms with Crippen molar-refractivity contribution >= 4 is 44.8 Å². The number of para-hydroxylation sites is 1. The van der Waals surface area contributed by atoms with Crippen LogP contribution in [0, 0.1) is 5.82 Å². The SMILES string of the molecule is COCCNC(=O)c1ccccc1NC(=O)CN(c1ccc(F)c(Cl)c1)S(=O)(=O)c1ccc(OC)c(OC)c1. The molecule has 10 nitrogen and oxygen atoms in total. The maximum Gasteiger partial charge on any atom is 0.264 e. The fourth-order valence-corrected chi connectivity index (χ4v) is 5.14. The summed E-state index contributed by atoms with van der Waals surface area (Å²) in [5, 5.41) is 4.91. The predicted molar refractivity (Wildman–Crippen MR) is 145 cm³/mol. The highest BCUT2D eigenvalue weighted by Gasteiger charge is 2.29. The lowest BCUT2D eigenvalue weighted by Gasteiger charge is -2.25. The van der Waals surface area contributed by atoms with Crippen molar-refractivity contribution in [1.82, 2.24) is 5.32 Å². The van der Waals surface area contributed by atoms with Gasteiger partial charge in [0.25, 0.3) is 15.9 Å². The lowest BCUT2D eigenvalue weighted by atomic mass is 10.1. The minimum Gasteiger partial charge on any atom is -0.493 e. The van der Waals surface area contributed by atoms with E-state index in [9.17, 15) is 22.4 Å². The summed E-state index contributed by atoms with van der Waals surface area (Å²) in [5.74, 6) is -1.54. The standard InChI is InChI=1S/C26H27ClFN3O7S/c1-36-13-12-29-26(33)19-6-4-5-7-22(19)30-25(32)16-31(17-8-10-21(28)20(27)14-17)39(34,35)18-9-11-23(37-2)24(15-18)38-3/h4-11,14-15H,12-13,16H2,1-3H3,(H,29,33)(H,30,32). The van der Waals surface area contributed by atoms with Gasteiger partial charge in [0.15, 0.2) is 11.5 Å². The number of anilines is 2. The number of sulfonamides is 1. The second-order valence-electron chi connectivity index (χ2n) is 7.97. The van der Waals surface area contributed by atoms with Crippen molar-refractivity contribution in [2.75, 3.05) is 50.6 Å². The van der Waals surface area contributed by atoms with E-state index in [0.29, 0.717) is 12.4 Å². The molecular formula is C26H27ClFN3O7S. The minimum absolute atomic E-state index is 0.0584. The number of amides is 2. The quantitative estimate of drug-likeness (QED) is 0.314. The van der Waals surface area contributed by atoms with Crippen LogP contribution in [0.1, 0.15) is 10.4 Å². The first-order chi connectivity index (χ1) is 18.6. The molecule has 0 aliphatic heterocycles. The summed E-state index contributed by atoms with van der Waals surface area (Å²) in [4.78, 5) is 25.5. The van der Waals surface area contributed by atoms with Gasteiger partial charge >= 0.3 is 0 Å². The van der Waals surface area contributed by atoms with Gasteiger partial charge in [0, 0.05) is 19.7 Å². The van der Waals surface area contributed by atoms with Gasteiger partial charge in [0.2, 0.25) is 5.91 Å². The highest BCUT2D eigenvalue weighted by molar-refractivity contribution is 7.92. The highest BCUT2D eigenvalue weighted by atomic mass is 35.5. The van der Waals surface area contributed by atoms with E-state index in [-0.39, 0.29) is 39.2 Å². The lowest BCUT2D eigenvalue weighted by molar-refractivity contribution is -0.114. The molecule has 0 fully saturated rings. The molecule has 3 aromatic rings. The number of benzene rings is 3. The van der Waals surface area contributed by atoms with E-state index in [0.717, 1.165) is 16.4 Å². The van der Waals surface area contributed by atoms with Crippen molar-refractivity contribution in [2.45, 2.75) is 4.90 Å². The molecular weight excluding hydrogens is 553 g/mol. The topological polar surface area (TPSA) is 123 Å². The first-order valence-corrected chi connectivity index (χ1v) is 13.3. The molecule has 0 aliphatic carbocycles. The fraction of sp³-hybridized carbons (Fsp3) is 0.231. The number of halogens is 2. The first kappa shape index (κ1) is 29.7. The molecule has 0 radical (unpaired) electrons. The number of nitrogens with zero attached hydrogens (tertiary/aromatic N) is 1. The van der Waals surface area contributed by atoms with E-state index in [4.69, 9.17) is 25.8 Å². The van der Waals surface area contributed by atoms with Gasteiger partial charge in [0.1, 0.15) is 12.4 Å². The third-order valence-corrected chi connectivity index (χ3v) is 7.52. The van der Waals surface area contributed by atoms with Crippen molar-refractivity contribution in [1.29, 1.82) is 0 Å². The molecule has 0 saturated heterocycles. The zero-order chi connectivity index (χ0) is 28.6. The van der Waals surface area contributed by atoms with E-state index in [1.54, 1.807) is 12.1 Å². The average Bonchev–Trinajstić information content (AvgIpc) is 2.93. The Balaban J connectivity index is 1.97. The number of methoxy groups -OCH3 is 3. The number of nitrogens with one attached hydrogen (secondary N) is 2. The van der Waals surface area contributed by atoms with Gasteiger partial charge < -0.3 is 24.8 Å². The molecule has 2 amide bonds. The van der Waals surface area contributed by atoms with Crippen LogP contribution in [0.25, 0.3) is 0 Å². The summed E-state index contributed by atoms with van der Waals surface area (Å²) in [6, 6.07) is 13.4. The van der Waals surface area contributed by atoms with E-state index >= 15 is 0 Å². The Bertz CT molecular complexity index is 1450. The second kappa shape index (κ2) is 13.3. The van der Waals surface area contributed by atoms with Gasteiger partial charge in [-0.25, -0.2) is 12.8 Å². The molecule has 0 bridgehead atoms. The summed E-state index contributed by atoms with van der Waals surface area (Å²) < 4.78 is 57.5. The van der Waals surface area contributed by atoms with E-state index in [1.807, 2.05) is 0 Å². The fourth-order valence-electron chi connectivity index (χ4n) is 3.53. The molecule has 0 aliphatic rings. The maximum atomic E-state index is 13.9. The first-order valence-electron chi connectivity index (χ1n) is 11.5. The van der Waals surface area contributed by atoms with Crippen LogP contribution in [0.2, 0.25) is 5.02 Å². The van der Waals surface area contributed by atoms with Gasteiger partial charge in [-0.15, -0.1) is 0 Å². The van der Waals surface area contributed by atoms with Crippen molar-refractivity contribution in [2.24, 2.45) is 0 Å². The van der Waals surface area contributed by atoms with Crippen molar-refractivity contribution in [3.05, 3.63) is 77.1 Å². The molecule has 2 N–H and O–H groups in total. The van der Waals surface area contributed by atoms with Gasteiger partial charge in [0.05, 0.1) is 47.7 Å². The molecule has 0 atom stereocenters. The summed E-state index contributed by atoms with van der Waals surface area (Å²) in [7, 11) is -0.160. The van der Waals surface area contributed by atoms with Crippen LogP contribution in [0.15, 0.2) is 65.6 Å². The minimum atomic E-state index is -4.41. The second-order valence-corrected chi connectivity index (χ2v) is 10.2. The van der Waals surface area contributed by atoms with Gasteiger partial charge in [-0.1, -0.05) is 23.7 Å². The van der Waals surface area contributed by atoms with Crippen LogP contribution in [0.5, 0.6) is 11.5 Å². The Morgan fingerprint density at radius 3 is 2.36 bits per heavy atom. The zero-order valence-corrected chi connectivity index (χ0v) is 22.9. The zero-order valence-electron chi connectivity index (χ0n) is 21.4. The molecule has 0 heterocycles. The average molecular weight is 580 g/mol. The molecule has 39 heavy (non-hydrogen) atoms. The summed E-state index contributed by atoms with van der Waals surface area (Å²) >= 11 is 5.93. The van der Waals surface area contributed by atoms with Gasteiger partial charge in [-0.05, 0) is 42.5 Å². The van der Waals surface area contributed by atoms with E-state index in [1.165, 1.54) is 57.7 Å². The molecule has 0 aromatic heterocycles. The van der Waals surface area contributed by atoms with Crippen LogP contribution in [-0.2, 0) is 19.6 Å². The van der Waals surface area contributed by atoms with Crippen LogP contribution in [-0.4, -0.2) is 61.3 Å². The third kappa shape index (κ3) is 7.16. The van der Waals surface area contributed by atoms with Gasteiger partial charge in [-0.2, -0.15) is 0 Å². The molecule has 13 heteroatoms. The van der Waals surface area contributed by atoms with Crippen LogP contribution in [0.4, 0.5) is 15.8 Å². The van der Waals surface area contributed by atoms with Crippen LogP contribution < -0.4 is 24.4 Å². The summed E-state index contributed by atoms with van der Waals surface area (Å²) in [6.07, 6.45) is 0. The lowest BCUT2D eigenvalue weighted by Crippen LogP contribution is -2.38. The Morgan fingerprint density at radius 2 is 1.69 bits per heavy atom. The Kier molecular flexibility index (Phi) is 10.1. The summed E-state index contributed by atoms with van der Waals surface area (Å²) in [5.41, 5.74) is 0.274. The largest absolute Gasteiger partial charge is 0.493 e. The molecule has 3 rings (SSSR count). The van der Waals surface area contributed by atoms with Crippen LogP contribution >= 0.6 is 11.6 Å². The third-order valence-electron chi connectivity index (χ3n) is 5.46. The molecule has 0 saturated carbocycles. The number of ether oxygens (including phenoxy) is 3. The normalized spacial score (nSPS) is 11.0. The van der Waals surface area contributed by atoms with Crippen molar-refractivity contribution < 1.29 is 36.6 Å². The molecule has 208 valence electrons. The Labute approximate surface area is 230 Å². The number of hydrogen-bond acceptors (Lipinski definition) is 7. The number of rotatable bonds is 12. The van der Waals surface area contributed by atoms with Crippen molar-refractivity contribution in [3.63, 3.8) is 0 Å². The number of carbonyl (C=O) groups is 2. The Hall–Kier alpha value is -3.87. The molecule has 0 spiro atoms. The summed E-state index contributed by atoms with van der Waals surface area (Å²) in [6.45, 7) is -0.179. The predicted octanol–water partition coefficient (Wildman–Crippen LogP) is 3.71. The number of hydrogen-bond donors (Lipinski definition) is 2. The Morgan fingerprint density at radius 1 is 0.974 bits per heavy atom. The smallest absolute Gasteiger partial charge is 0.264 e. The molecule has 3 aromatic carbocycles. The van der Waals surface area contributed by atoms with E-state index < -0.39 is 34.2 Å². The number of carbonyl (C=O) groups excluding carboxylic acids is 2.